The van der Waals surface area contributed by atoms with Gasteiger partial charge in [0.05, 0.1) is 25.4 Å². The van der Waals surface area contributed by atoms with Crippen LogP contribution in [0.2, 0.25) is 0 Å². The largest absolute Gasteiger partial charge is 0.493 e. The molecule has 0 saturated carbocycles. The van der Waals surface area contributed by atoms with Gasteiger partial charge in [0, 0.05) is 0 Å². The fraction of sp³-hybridized carbons (Fsp3) is 0.417. The van der Waals surface area contributed by atoms with Gasteiger partial charge in [-0.05, 0) is 80.5 Å². The van der Waals surface area contributed by atoms with Crippen molar-refractivity contribution < 1.29 is 43.5 Å². The van der Waals surface area contributed by atoms with Crippen molar-refractivity contribution in [2.24, 2.45) is 5.92 Å². The molecular weight excluding hydrogens is 576 g/mol. The normalized spacial score (nSPS) is 17.7. The third-order valence-corrected chi connectivity index (χ3v) is 7.80. The van der Waals surface area contributed by atoms with E-state index in [1.165, 1.54) is 14.2 Å². The molecule has 0 spiro atoms. The van der Waals surface area contributed by atoms with E-state index in [2.05, 4.69) is 13.5 Å². The Morgan fingerprint density at radius 1 is 0.956 bits per heavy atom. The SMILES string of the molecule is C=C(C(=O)OC)c1ccc(OOC(C)CCCCC2(OC(=O)c3ccc(CCCCC)cc3)C=CC=CC2C(=O)O)c(OC)c1. The van der Waals surface area contributed by atoms with Gasteiger partial charge in [0.15, 0.2) is 5.75 Å². The van der Waals surface area contributed by atoms with Crippen LogP contribution < -0.4 is 9.62 Å². The number of carboxylic acids is 1. The van der Waals surface area contributed by atoms with Crippen LogP contribution in [0.25, 0.3) is 5.57 Å². The summed E-state index contributed by atoms with van der Waals surface area (Å²) in [6, 6.07) is 12.2. The van der Waals surface area contributed by atoms with Crippen molar-refractivity contribution in [2.45, 2.75) is 76.9 Å². The van der Waals surface area contributed by atoms with E-state index in [1.807, 2.05) is 19.1 Å². The summed E-state index contributed by atoms with van der Waals surface area (Å²) < 4.78 is 16.1. The molecule has 3 atom stereocenters. The maximum absolute atomic E-state index is 13.2. The van der Waals surface area contributed by atoms with Gasteiger partial charge in [-0.3, -0.25) is 4.79 Å². The van der Waals surface area contributed by atoms with Gasteiger partial charge < -0.3 is 24.2 Å². The minimum Gasteiger partial charge on any atom is -0.493 e. The zero-order valence-corrected chi connectivity index (χ0v) is 26.6. The highest BCUT2D eigenvalue weighted by atomic mass is 17.2. The first-order valence-electron chi connectivity index (χ1n) is 15.3. The summed E-state index contributed by atoms with van der Waals surface area (Å²) >= 11 is 0. The third kappa shape index (κ3) is 9.81. The Kier molecular flexibility index (Phi) is 13.4. The fourth-order valence-corrected chi connectivity index (χ4v) is 5.14. The van der Waals surface area contributed by atoms with E-state index in [9.17, 15) is 19.5 Å². The van der Waals surface area contributed by atoms with Crippen LogP contribution in [0.1, 0.15) is 80.3 Å². The maximum atomic E-state index is 13.2. The van der Waals surface area contributed by atoms with Crippen LogP contribution in [-0.4, -0.2) is 48.9 Å². The van der Waals surface area contributed by atoms with Crippen LogP contribution in [0.15, 0.2) is 73.3 Å². The number of ether oxygens (including phenoxy) is 3. The predicted octanol–water partition coefficient (Wildman–Crippen LogP) is 7.30. The summed E-state index contributed by atoms with van der Waals surface area (Å²) in [5, 5.41) is 10.00. The first kappa shape index (κ1) is 35.1. The topological polar surface area (TPSA) is 118 Å². The molecule has 1 aliphatic rings. The molecule has 3 unspecified atom stereocenters. The molecule has 0 aromatic heterocycles. The second-order valence-electron chi connectivity index (χ2n) is 11.1. The van der Waals surface area contributed by atoms with Crippen molar-refractivity contribution in [1.82, 2.24) is 0 Å². The Balaban J connectivity index is 1.58. The highest BCUT2D eigenvalue weighted by Crippen LogP contribution is 2.36. The number of benzene rings is 2. The Labute approximate surface area is 265 Å². The highest BCUT2D eigenvalue weighted by molar-refractivity contribution is 6.15. The number of rotatable bonds is 18. The zero-order chi connectivity index (χ0) is 32.8. The van der Waals surface area contributed by atoms with E-state index >= 15 is 0 Å². The third-order valence-electron chi connectivity index (χ3n) is 7.80. The minimum atomic E-state index is -1.32. The molecule has 2 aromatic rings. The van der Waals surface area contributed by atoms with Crippen molar-refractivity contribution in [2.75, 3.05) is 14.2 Å². The molecule has 1 N–H and O–H groups in total. The number of aryl methyl sites for hydroxylation is 1. The zero-order valence-electron chi connectivity index (χ0n) is 26.6. The number of methoxy groups -OCH3 is 2. The Hall–Kier alpha value is -4.37. The first-order chi connectivity index (χ1) is 21.6. The van der Waals surface area contributed by atoms with Gasteiger partial charge in [0.1, 0.15) is 17.6 Å². The molecule has 0 bridgehead atoms. The number of hydrogen-bond acceptors (Lipinski definition) is 8. The van der Waals surface area contributed by atoms with Crippen LogP contribution in [0.4, 0.5) is 0 Å². The summed E-state index contributed by atoms with van der Waals surface area (Å²) in [6.45, 7) is 7.75. The second-order valence-corrected chi connectivity index (χ2v) is 11.1. The monoisotopic (exact) mass is 620 g/mol. The van der Waals surface area contributed by atoms with Crippen molar-refractivity contribution in [1.29, 1.82) is 0 Å². The Bertz CT molecular complexity index is 1380. The fourth-order valence-electron chi connectivity index (χ4n) is 5.14. The lowest BCUT2D eigenvalue weighted by Gasteiger charge is -2.36. The van der Waals surface area contributed by atoms with E-state index in [0.717, 1.165) is 31.2 Å². The van der Waals surface area contributed by atoms with E-state index in [1.54, 1.807) is 54.6 Å². The smallest absolute Gasteiger partial charge is 0.339 e. The average Bonchev–Trinajstić information content (AvgIpc) is 3.05. The number of aliphatic carboxylic acids is 1. The summed E-state index contributed by atoms with van der Waals surface area (Å²) in [5.74, 6) is -2.49. The van der Waals surface area contributed by atoms with Gasteiger partial charge in [-0.2, -0.15) is 4.89 Å². The summed E-state index contributed by atoms with van der Waals surface area (Å²) in [7, 11) is 2.76. The van der Waals surface area contributed by atoms with Crippen molar-refractivity contribution >= 4 is 23.5 Å². The lowest BCUT2D eigenvalue weighted by atomic mass is 9.79. The Morgan fingerprint density at radius 3 is 2.36 bits per heavy atom. The lowest BCUT2D eigenvalue weighted by molar-refractivity contribution is -0.242. The minimum absolute atomic E-state index is 0.184. The molecule has 1 aliphatic carbocycles. The van der Waals surface area contributed by atoms with Crippen LogP contribution >= 0.6 is 0 Å². The van der Waals surface area contributed by atoms with Gasteiger partial charge >= 0.3 is 17.9 Å². The number of unbranched alkanes of at least 4 members (excludes halogenated alkanes) is 3. The number of carboxylic acid groups (broad SMARTS) is 1. The molecule has 0 amide bonds. The van der Waals surface area contributed by atoms with Crippen LogP contribution in [0.3, 0.4) is 0 Å². The van der Waals surface area contributed by atoms with Crippen molar-refractivity contribution in [3.8, 4) is 11.5 Å². The first-order valence-corrected chi connectivity index (χ1v) is 15.3. The number of carbonyl (C=O) groups excluding carboxylic acids is 2. The van der Waals surface area contributed by atoms with Crippen LogP contribution in [-0.2, 0) is 30.4 Å². The molecule has 45 heavy (non-hydrogen) atoms. The lowest BCUT2D eigenvalue weighted by Crippen LogP contribution is -2.45. The van der Waals surface area contributed by atoms with Gasteiger partial charge in [-0.25, -0.2) is 9.59 Å². The van der Waals surface area contributed by atoms with E-state index in [4.69, 9.17) is 24.0 Å². The molecule has 2 aromatic carbocycles. The quantitative estimate of drug-likeness (QED) is 0.0602. The molecule has 9 heteroatoms. The molecule has 0 aliphatic heterocycles. The second kappa shape index (κ2) is 17.2. The average molecular weight is 621 g/mol. The number of hydrogen-bond donors (Lipinski definition) is 1. The summed E-state index contributed by atoms with van der Waals surface area (Å²) in [6.07, 6.45) is 12.8. The summed E-state index contributed by atoms with van der Waals surface area (Å²) in [5.41, 5.74) is 0.932. The van der Waals surface area contributed by atoms with Crippen LogP contribution in [0, 0.1) is 5.92 Å². The maximum Gasteiger partial charge on any atom is 0.339 e. The van der Waals surface area contributed by atoms with Gasteiger partial charge in [0.2, 0.25) is 5.75 Å². The number of allylic oxidation sites excluding steroid dienone is 2. The molecule has 0 fully saturated rings. The van der Waals surface area contributed by atoms with E-state index in [-0.39, 0.29) is 11.7 Å². The molecule has 9 nitrogen and oxygen atoms in total. The van der Waals surface area contributed by atoms with E-state index in [0.29, 0.717) is 48.3 Å². The van der Waals surface area contributed by atoms with Gasteiger partial charge in [-0.15, -0.1) is 0 Å². The molecule has 242 valence electrons. The van der Waals surface area contributed by atoms with Crippen molar-refractivity contribution in [3.05, 3.63) is 90.0 Å². The molecule has 0 saturated heterocycles. The van der Waals surface area contributed by atoms with E-state index < -0.39 is 29.4 Å². The highest BCUT2D eigenvalue weighted by Gasteiger charge is 2.44. The van der Waals surface area contributed by atoms with Crippen LogP contribution in [0.5, 0.6) is 11.5 Å². The molecular formula is C36H44O9. The molecule has 0 radical (unpaired) electrons. The van der Waals surface area contributed by atoms with Crippen molar-refractivity contribution in [3.63, 3.8) is 0 Å². The predicted molar refractivity (Wildman–Crippen MR) is 171 cm³/mol. The molecule has 3 rings (SSSR count). The molecule has 0 heterocycles. The Morgan fingerprint density at radius 2 is 1.69 bits per heavy atom. The van der Waals surface area contributed by atoms with Gasteiger partial charge in [-0.1, -0.05) is 69.2 Å². The standard InChI is InChI=1S/C36H44O9/c1-6-7-8-14-27-16-18-28(19-17-27)35(40)43-36(23-12-10-15-30(36)33(37)38)22-11-9-13-25(2)44-45-31-21-20-29(24-32(31)41-4)26(3)34(39)42-5/h10,12,15-21,23-25,30H,3,6-9,11,13-14,22H2,1-2,4-5H3,(H,37,38). The number of carbonyl (C=O) groups is 3. The van der Waals surface area contributed by atoms with Gasteiger partial charge in [0.25, 0.3) is 0 Å². The number of esters is 2. The summed E-state index contributed by atoms with van der Waals surface area (Å²) in [4.78, 5) is 48.4.